The van der Waals surface area contributed by atoms with E-state index in [1.165, 1.54) is 77.0 Å². The van der Waals surface area contributed by atoms with E-state index in [1.54, 1.807) is 5.57 Å². The number of allylic oxidation sites excluding steroid dienone is 1. The van der Waals surface area contributed by atoms with Gasteiger partial charge in [-0.1, -0.05) is 91.2 Å². The minimum absolute atomic E-state index is 0.802. The van der Waals surface area contributed by atoms with Crippen molar-refractivity contribution >= 4 is 0 Å². The van der Waals surface area contributed by atoms with E-state index in [1.807, 2.05) is 0 Å². The van der Waals surface area contributed by atoms with Gasteiger partial charge in [0.2, 0.25) is 0 Å². The van der Waals surface area contributed by atoms with Crippen LogP contribution in [0.25, 0.3) is 0 Å². The molecule has 0 aromatic heterocycles. The van der Waals surface area contributed by atoms with E-state index in [9.17, 15) is 0 Å². The topological polar surface area (TPSA) is 0 Å². The summed E-state index contributed by atoms with van der Waals surface area (Å²) < 4.78 is 0. The lowest BCUT2D eigenvalue weighted by atomic mass is 9.86. The van der Waals surface area contributed by atoms with Crippen molar-refractivity contribution in [3.63, 3.8) is 0 Å². The van der Waals surface area contributed by atoms with Gasteiger partial charge in [0.25, 0.3) is 0 Å². The molecule has 0 aliphatic heterocycles. The molecule has 0 saturated heterocycles. The molecule has 0 rings (SSSR count). The van der Waals surface area contributed by atoms with Crippen LogP contribution in [0.2, 0.25) is 0 Å². The molecule has 2 atom stereocenters. The molecule has 0 aromatic carbocycles. The Hall–Kier alpha value is -0.260. The Balaban J connectivity index is 3.96. The van der Waals surface area contributed by atoms with Crippen molar-refractivity contribution in [2.75, 3.05) is 0 Å². The predicted octanol–water partition coefficient (Wildman–Crippen LogP) is 7.54. The molecular weight excluding hydrogens is 240 g/mol. The van der Waals surface area contributed by atoms with Crippen molar-refractivity contribution in [2.45, 2.75) is 105 Å². The molecule has 0 bridgehead atoms. The number of rotatable bonds is 14. The second-order valence-corrected chi connectivity index (χ2v) is 6.59. The Morgan fingerprint density at radius 2 is 1.35 bits per heavy atom. The van der Waals surface area contributed by atoms with Gasteiger partial charge < -0.3 is 0 Å². The highest BCUT2D eigenvalue weighted by atomic mass is 14.2. The lowest BCUT2D eigenvalue weighted by Gasteiger charge is -2.20. The first-order chi connectivity index (χ1) is 9.69. The molecular formula is C20H40. The van der Waals surface area contributed by atoms with Gasteiger partial charge in [-0.25, -0.2) is 0 Å². The van der Waals surface area contributed by atoms with E-state index in [0.29, 0.717) is 0 Å². The molecule has 0 N–H and O–H groups in total. The monoisotopic (exact) mass is 280 g/mol. The van der Waals surface area contributed by atoms with Crippen molar-refractivity contribution in [3.05, 3.63) is 12.2 Å². The molecule has 0 heterocycles. The third-order valence-corrected chi connectivity index (χ3v) is 4.77. The predicted molar refractivity (Wildman–Crippen MR) is 94.2 cm³/mol. The third-order valence-electron chi connectivity index (χ3n) is 4.77. The van der Waals surface area contributed by atoms with E-state index in [0.717, 1.165) is 11.8 Å². The second kappa shape index (κ2) is 13.7. The van der Waals surface area contributed by atoms with E-state index >= 15 is 0 Å². The molecule has 120 valence electrons. The largest absolute Gasteiger partial charge is 0.0996 e. The van der Waals surface area contributed by atoms with Crippen LogP contribution in [0.15, 0.2) is 12.2 Å². The zero-order valence-corrected chi connectivity index (χ0v) is 14.8. The summed E-state index contributed by atoms with van der Waals surface area (Å²) in [5.74, 6) is 1.76. The maximum absolute atomic E-state index is 4.41. The van der Waals surface area contributed by atoms with Gasteiger partial charge in [-0.05, 0) is 37.5 Å². The van der Waals surface area contributed by atoms with Gasteiger partial charge in [-0.2, -0.15) is 0 Å². The minimum atomic E-state index is 0.802. The van der Waals surface area contributed by atoms with Crippen LogP contribution in [0, 0.1) is 11.8 Å². The van der Waals surface area contributed by atoms with Crippen molar-refractivity contribution in [1.82, 2.24) is 0 Å². The van der Waals surface area contributed by atoms with Crippen LogP contribution in [0.5, 0.6) is 0 Å². The van der Waals surface area contributed by atoms with E-state index in [4.69, 9.17) is 0 Å². The van der Waals surface area contributed by atoms with Crippen LogP contribution in [0.1, 0.15) is 105 Å². The van der Waals surface area contributed by atoms with E-state index in [2.05, 4.69) is 34.3 Å². The standard InChI is InChI=1S/C20H40/c1-6-10-15-19(9-4)16-12-14-18(5)20(13-8-3)17-11-7-2/h19-20H,5-17H2,1-4H3. The van der Waals surface area contributed by atoms with Crippen molar-refractivity contribution in [1.29, 1.82) is 0 Å². The van der Waals surface area contributed by atoms with Crippen molar-refractivity contribution in [3.8, 4) is 0 Å². The Kier molecular flexibility index (Phi) is 13.5. The maximum atomic E-state index is 4.41. The number of hydrogen-bond donors (Lipinski definition) is 0. The van der Waals surface area contributed by atoms with Crippen LogP contribution >= 0.6 is 0 Å². The Morgan fingerprint density at radius 3 is 1.90 bits per heavy atom. The maximum Gasteiger partial charge on any atom is -0.0206 e. The Bertz CT molecular complexity index is 216. The molecule has 0 aliphatic carbocycles. The van der Waals surface area contributed by atoms with Gasteiger partial charge in [-0.3, -0.25) is 0 Å². The van der Waals surface area contributed by atoms with Crippen LogP contribution in [-0.4, -0.2) is 0 Å². The Morgan fingerprint density at radius 1 is 0.750 bits per heavy atom. The molecule has 0 radical (unpaired) electrons. The molecule has 0 saturated carbocycles. The summed E-state index contributed by atoms with van der Waals surface area (Å²) in [7, 11) is 0. The van der Waals surface area contributed by atoms with Gasteiger partial charge in [0, 0.05) is 0 Å². The van der Waals surface area contributed by atoms with Crippen molar-refractivity contribution in [2.24, 2.45) is 11.8 Å². The van der Waals surface area contributed by atoms with Gasteiger partial charge in [0.05, 0.1) is 0 Å². The number of hydrogen-bond acceptors (Lipinski definition) is 0. The highest BCUT2D eigenvalue weighted by molar-refractivity contribution is 5.00. The molecule has 0 spiro atoms. The summed E-state index contributed by atoms with van der Waals surface area (Å²) in [5, 5.41) is 0. The molecule has 0 heteroatoms. The lowest BCUT2D eigenvalue weighted by Crippen LogP contribution is -2.05. The first-order valence-corrected chi connectivity index (χ1v) is 9.37. The molecule has 20 heavy (non-hydrogen) atoms. The van der Waals surface area contributed by atoms with Gasteiger partial charge in [0.15, 0.2) is 0 Å². The highest BCUT2D eigenvalue weighted by Crippen LogP contribution is 2.27. The van der Waals surface area contributed by atoms with E-state index in [-0.39, 0.29) is 0 Å². The smallest absolute Gasteiger partial charge is 0.0206 e. The first kappa shape index (κ1) is 19.7. The van der Waals surface area contributed by atoms with Crippen LogP contribution < -0.4 is 0 Å². The van der Waals surface area contributed by atoms with Crippen LogP contribution in [-0.2, 0) is 0 Å². The third kappa shape index (κ3) is 9.61. The SMILES string of the molecule is C=C(CCCC(CC)CCCC)C(CCC)CCCC. The molecule has 0 nitrogen and oxygen atoms in total. The van der Waals surface area contributed by atoms with Crippen LogP contribution in [0.3, 0.4) is 0 Å². The fraction of sp³-hybridized carbons (Fsp3) is 0.900. The quantitative estimate of drug-likeness (QED) is 0.288. The summed E-state index contributed by atoms with van der Waals surface area (Å²) in [4.78, 5) is 0. The average molecular weight is 281 g/mol. The van der Waals surface area contributed by atoms with Crippen LogP contribution in [0.4, 0.5) is 0 Å². The molecule has 0 amide bonds. The summed E-state index contributed by atoms with van der Waals surface area (Å²) >= 11 is 0. The van der Waals surface area contributed by atoms with Gasteiger partial charge >= 0.3 is 0 Å². The fourth-order valence-electron chi connectivity index (χ4n) is 3.22. The van der Waals surface area contributed by atoms with Crippen molar-refractivity contribution < 1.29 is 0 Å². The summed E-state index contributed by atoms with van der Waals surface area (Å²) in [6, 6.07) is 0. The highest BCUT2D eigenvalue weighted by Gasteiger charge is 2.12. The van der Waals surface area contributed by atoms with Gasteiger partial charge in [0.1, 0.15) is 0 Å². The lowest BCUT2D eigenvalue weighted by molar-refractivity contribution is 0.401. The summed E-state index contributed by atoms with van der Waals surface area (Å²) in [5.41, 5.74) is 1.55. The minimum Gasteiger partial charge on any atom is -0.0996 e. The molecule has 0 aliphatic rings. The van der Waals surface area contributed by atoms with E-state index < -0.39 is 0 Å². The zero-order valence-electron chi connectivity index (χ0n) is 14.8. The Labute approximate surface area is 129 Å². The van der Waals surface area contributed by atoms with Gasteiger partial charge in [-0.15, -0.1) is 0 Å². The summed E-state index contributed by atoms with van der Waals surface area (Å²) in [6.07, 6.45) is 16.3. The summed E-state index contributed by atoms with van der Waals surface area (Å²) in [6.45, 7) is 13.7. The zero-order chi connectivity index (χ0) is 15.2. The first-order valence-electron chi connectivity index (χ1n) is 9.37. The molecule has 2 unspecified atom stereocenters. The average Bonchev–Trinajstić information content (AvgIpc) is 2.46. The number of unbranched alkanes of at least 4 members (excludes halogenated alkanes) is 2. The normalized spacial score (nSPS) is 14.2. The molecule has 0 aromatic rings. The molecule has 0 fully saturated rings. The second-order valence-electron chi connectivity index (χ2n) is 6.59. The fourth-order valence-corrected chi connectivity index (χ4v) is 3.22.